The minimum atomic E-state index is 0.456. The summed E-state index contributed by atoms with van der Waals surface area (Å²) in [6, 6.07) is 9.26. The van der Waals surface area contributed by atoms with E-state index in [4.69, 9.17) is 9.47 Å². The van der Waals surface area contributed by atoms with E-state index in [0.29, 0.717) is 11.5 Å². The summed E-state index contributed by atoms with van der Waals surface area (Å²) in [6.45, 7) is 0.456. The van der Waals surface area contributed by atoms with E-state index in [9.17, 15) is 4.79 Å². The fourth-order valence-corrected chi connectivity index (χ4v) is 2.09. The number of aldehydes is 1. The van der Waals surface area contributed by atoms with Crippen LogP contribution >= 0.6 is 11.3 Å². The minimum Gasteiger partial charge on any atom is -0.497 e. The van der Waals surface area contributed by atoms with Crippen LogP contribution in [0.5, 0.6) is 11.5 Å². The maximum absolute atomic E-state index is 10.5. The molecule has 2 aromatic rings. The second kappa shape index (κ2) is 5.50. The Morgan fingerprint density at radius 1 is 1.29 bits per heavy atom. The van der Waals surface area contributed by atoms with Gasteiger partial charge in [-0.05, 0) is 23.6 Å². The molecule has 0 spiro atoms. The lowest BCUT2D eigenvalue weighted by atomic mass is 10.3. The van der Waals surface area contributed by atoms with Crippen LogP contribution < -0.4 is 9.47 Å². The SMILES string of the molecule is COc1cccc(OCc2csc(C=O)c2)c1. The van der Waals surface area contributed by atoms with Crippen molar-refractivity contribution in [3.63, 3.8) is 0 Å². The molecule has 17 heavy (non-hydrogen) atoms. The van der Waals surface area contributed by atoms with Crippen molar-refractivity contribution in [2.45, 2.75) is 6.61 Å². The molecule has 0 aliphatic rings. The standard InChI is InChI=1S/C13H12O3S/c1-15-11-3-2-4-12(6-11)16-8-10-5-13(7-14)17-9-10/h2-7,9H,8H2,1H3. The Morgan fingerprint density at radius 2 is 2.12 bits per heavy atom. The zero-order chi connectivity index (χ0) is 12.1. The molecular formula is C13H12O3S. The first-order valence-electron chi connectivity index (χ1n) is 5.11. The van der Waals surface area contributed by atoms with Crippen molar-refractivity contribution in [2.24, 2.45) is 0 Å². The summed E-state index contributed by atoms with van der Waals surface area (Å²) in [4.78, 5) is 11.2. The van der Waals surface area contributed by atoms with Gasteiger partial charge in [0.2, 0.25) is 0 Å². The molecule has 0 bridgehead atoms. The highest BCUT2D eigenvalue weighted by atomic mass is 32.1. The van der Waals surface area contributed by atoms with Gasteiger partial charge in [0.05, 0.1) is 12.0 Å². The van der Waals surface area contributed by atoms with Crippen LogP contribution in [0.25, 0.3) is 0 Å². The van der Waals surface area contributed by atoms with E-state index in [1.54, 1.807) is 7.11 Å². The Balaban J connectivity index is 1.99. The van der Waals surface area contributed by atoms with E-state index in [1.165, 1.54) is 11.3 Å². The van der Waals surface area contributed by atoms with Gasteiger partial charge in [0, 0.05) is 11.6 Å². The zero-order valence-corrected chi connectivity index (χ0v) is 10.2. The molecule has 0 aliphatic heterocycles. The zero-order valence-electron chi connectivity index (χ0n) is 9.38. The molecular weight excluding hydrogens is 236 g/mol. The number of rotatable bonds is 5. The Labute approximate surface area is 104 Å². The Hall–Kier alpha value is -1.81. The summed E-state index contributed by atoms with van der Waals surface area (Å²) >= 11 is 1.42. The number of carbonyl (C=O) groups is 1. The molecule has 0 unspecified atom stereocenters. The van der Waals surface area contributed by atoms with Crippen molar-refractivity contribution in [1.29, 1.82) is 0 Å². The van der Waals surface area contributed by atoms with E-state index in [0.717, 1.165) is 23.3 Å². The lowest BCUT2D eigenvalue weighted by molar-refractivity contribution is 0.112. The number of thiophene rings is 1. The number of hydrogen-bond donors (Lipinski definition) is 0. The van der Waals surface area contributed by atoms with Crippen molar-refractivity contribution in [1.82, 2.24) is 0 Å². The Morgan fingerprint density at radius 3 is 2.82 bits per heavy atom. The van der Waals surface area contributed by atoms with Gasteiger partial charge in [-0.1, -0.05) is 6.07 Å². The maximum Gasteiger partial charge on any atom is 0.160 e. The summed E-state index contributed by atoms with van der Waals surface area (Å²) in [5.74, 6) is 1.52. The van der Waals surface area contributed by atoms with Crippen LogP contribution in [-0.4, -0.2) is 13.4 Å². The molecule has 2 rings (SSSR count). The van der Waals surface area contributed by atoms with Gasteiger partial charge in [-0.2, -0.15) is 0 Å². The molecule has 0 saturated carbocycles. The molecule has 3 nitrogen and oxygen atoms in total. The fourth-order valence-electron chi connectivity index (χ4n) is 1.39. The van der Waals surface area contributed by atoms with Crippen molar-refractivity contribution in [3.05, 3.63) is 46.2 Å². The molecule has 0 N–H and O–H groups in total. The highest BCUT2D eigenvalue weighted by Crippen LogP contribution is 2.21. The van der Waals surface area contributed by atoms with Crippen molar-refractivity contribution in [2.75, 3.05) is 7.11 Å². The molecule has 0 fully saturated rings. The highest BCUT2D eigenvalue weighted by Gasteiger charge is 2.01. The molecule has 1 aromatic carbocycles. The van der Waals surface area contributed by atoms with E-state index in [1.807, 2.05) is 35.7 Å². The van der Waals surface area contributed by atoms with Crippen LogP contribution in [0.2, 0.25) is 0 Å². The van der Waals surface area contributed by atoms with E-state index < -0.39 is 0 Å². The first-order chi connectivity index (χ1) is 8.31. The second-order valence-corrected chi connectivity index (χ2v) is 4.39. The summed E-state index contributed by atoms with van der Waals surface area (Å²) in [5.41, 5.74) is 1.000. The van der Waals surface area contributed by atoms with Gasteiger partial charge < -0.3 is 9.47 Å². The third-order valence-electron chi connectivity index (χ3n) is 2.24. The van der Waals surface area contributed by atoms with Gasteiger partial charge in [-0.15, -0.1) is 11.3 Å². The van der Waals surface area contributed by atoms with Crippen LogP contribution in [0, 0.1) is 0 Å². The minimum absolute atomic E-state index is 0.456. The number of carbonyl (C=O) groups excluding carboxylic acids is 1. The molecule has 0 radical (unpaired) electrons. The van der Waals surface area contributed by atoms with Gasteiger partial charge in [0.15, 0.2) is 6.29 Å². The predicted molar refractivity (Wildman–Crippen MR) is 67.0 cm³/mol. The molecule has 0 saturated heterocycles. The highest BCUT2D eigenvalue weighted by molar-refractivity contribution is 7.11. The van der Waals surface area contributed by atoms with Crippen LogP contribution in [0.15, 0.2) is 35.7 Å². The summed E-state index contributed by atoms with van der Waals surface area (Å²) in [5, 5.41) is 1.92. The van der Waals surface area contributed by atoms with Gasteiger partial charge in [0.25, 0.3) is 0 Å². The van der Waals surface area contributed by atoms with Crippen LogP contribution in [-0.2, 0) is 6.61 Å². The molecule has 1 aromatic heterocycles. The first-order valence-corrected chi connectivity index (χ1v) is 5.99. The van der Waals surface area contributed by atoms with Crippen LogP contribution in [0.4, 0.5) is 0 Å². The van der Waals surface area contributed by atoms with Gasteiger partial charge in [-0.25, -0.2) is 0 Å². The Kier molecular flexibility index (Phi) is 3.77. The average Bonchev–Trinajstić information content (AvgIpc) is 2.84. The molecule has 0 amide bonds. The summed E-state index contributed by atoms with van der Waals surface area (Å²) < 4.78 is 10.7. The fraction of sp³-hybridized carbons (Fsp3) is 0.154. The van der Waals surface area contributed by atoms with Crippen LogP contribution in [0.1, 0.15) is 15.2 Å². The third-order valence-corrected chi connectivity index (χ3v) is 3.14. The van der Waals surface area contributed by atoms with Crippen LogP contribution in [0.3, 0.4) is 0 Å². The van der Waals surface area contributed by atoms with E-state index >= 15 is 0 Å². The lowest BCUT2D eigenvalue weighted by Gasteiger charge is -2.06. The molecule has 88 valence electrons. The predicted octanol–water partition coefficient (Wildman–Crippen LogP) is 3.15. The maximum atomic E-state index is 10.5. The molecule has 0 atom stereocenters. The summed E-state index contributed by atoms with van der Waals surface area (Å²) in [7, 11) is 1.62. The van der Waals surface area contributed by atoms with E-state index in [-0.39, 0.29) is 0 Å². The largest absolute Gasteiger partial charge is 0.497 e. The molecule has 4 heteroatoms. The van der Waals surface area contributed by atoms with Crippen molar-refractivity contribution < 1.29 is 14.3 Å². The average molecular weight is 248 g/mol. The number of hydrogen-bond acceptors (Lipinski definition) is 4. The van der Waals surface area contributed by atoms with Crippen molar-refractivity contribution in [3.8, 4) is 11.5 Å². The number of ether oxygens (including phenoxy) is 2. The normalized spacial score (nSPS) is 9.94. The number of benzene rings is 1. The quantitative estimate of drug-likeness (QED) is 0.762. The molecule has 0 aliphatic carbocycles. The lowest BCUT2D eigenvalue weighted by Crippen LogP contribution is -1.94. The Bertz CT molecular complexity index is 505. The number of methoxy groups -OCH3 is 1. The van der Waals surface area contributed by atoms with Crippen molar-refractivity contribution >= 4 is 17.6 Å². The second-order valence-electron chi connectivity index (χ2n) is 3.44. The first kappa shape index (κ1) is 11.7. The van der Waals surface area contributed by atoms with Gasteiger partial charge in [-0.3, -0.25) is 4.79 Å². The monoisotopic (exact) mass is 248 g/mol. The smallest absolute Gasteiger partial charge is 0.160 e. The third kappa shape index (κ3) is 3.07. The van der Waals surface area contributed by atoms with Gasteiger partial charge in [0.1, 0.15) is 18.1 Å². The topological polar surface area (TPSA) is 35.5 Å². The van der Waals surface area contributed by atoms with E-state index in [2.05, 4.69) is 0 Å². The van der Waals surface area contributed by atoms with Gasteiger partial charge >= 0.3 is 0 Å². The summed E-state index contributed by atoms with van der Waals surface area (Å²) in [6.07, 6.45) is 0.847. The molecule has 1 heterocycles.